The van der Waals surface area contributed by atoms with E-state index in [2.05, 4.69) is 15.3 Å². The van der Waals surface area contributed by atoms with Crippen LogP contribution in [0.1, 0.15) is 18.0 Å². The molecule has 1 atom stereocenters. The highest BCUT2D eigenvalue weighted by Crippen LogP contribution is 2.25. The van der Waals surface area contributed by atoms with E-state index >= 15 is 0 Å². The van der Waals surface area contributed by atoms with Crippen molar-refractivity contribution in [2.45, 2.75) is 24.3 Å². The summed E-state index contributed by atoms with van der Waals surface area (Å²) < 4.78 is 34.2. The summed E-state index contributed by atoms with van der Waals surface area (Å²) >= 11 is 11.8. The zero-order chi connectivity index (χ0) is 25.0. The molecule has 1 aromatic carbocycles. The smallest absolute Gasteiger partial charge is 0.287 e. The Bertz CT molecular complexity index is 1220. The lowest BCUT2D eigenvalue weighted by molar-refractivity contribution is -0.121. The molecule has 1 amide bonds. The van der Waals surface area contributed by atoms with Gasteiger partial charge >= 0.3 is 0 Å². The van der Waals surface area contributed by atoms with Gasteiger partial charge in [-0.05, 0) is 44.6 Å². The molecule has 1 N–H and O–H groups in total. The van der Waals surface area contributed by atoms with Crippen molar-refractivity contribution in [3.63, 3.8) is 0 Å². The van der Waals surface area contributed by atoms with Crippen molar-refractivity contribution < 1.29 is 17.9 Å². The molecule has 1 saturated heterocycles. The second-order valence-corrected chi connectivity index (χ2v) is 10.7. The maximum absolute atomic E-state index is 13.4. The Kier molecular flexibility index (Phi) is 8.72. The molecule has 34 heavy (non-hydrogen) atoms. The molecule has 2 aromatic rings. The van der Waals surface area contributed by atoms with Crippen LogP contribution in [0.3, 0.4) is 0 Å². The number of rotatable bonds is 7. The fourth-order valence-corrected chi connectivity index (χ4v) is 5.63. The average Bonchev–Trinajstić information content (AvgIpc) is 3.02. The number of halogens is 2. The monoisotopic (exact) mass is 531 g/mol. The molecule has 1 aliphatic heterocycles. The van der Waals surface area contributed by atoms with E-state index < -0.39 is 27.5 Å². The van der Waals surface area contributed by atoms with Crippen LogP contribution in [0.25, 0.3) is 0 Å². The summed E-state index contributed by atoms with van der Waals surface area (Å²) in [6.45, 7) is 3.80. The number of hydrogen-bond acceptors (Lipinski definition) is 7. The van der Waals surface area contributed by atoms with Gasteiger partial charge in [-0.15, -0.1) is 0 Å². The summed E-state index contributed by atoms with van der Waals surface area (Å²) in [5, 5.41) is 6.27. The molecule has 0 aliphatic carbocycles. The molecule has 10 nitrogen and oxygen atoms in total. The first kappa shape index (κ1) is 26.6. The van der Waals surface area contributed by atoms with Crippen molar-refractivity contribution in [2.75, 3.05) is 52.3 Å². The van der Waals surface area contributed by atoms with E-state index in [9.17, 15) is 18.0 Å². The van der Waals surface area contributed by atoms with E-state index in [0.29, 0.717) is 25.2 Å². The number of hydrogen-bond donors (Lipinski definition) is 1. The topological polar surface area (TPSA) is 114 Å². The van der Waals surface area contributed by atoms with E-state index in [1.54, 1.807) is 19.1 Å². The van der Waals surface area contributed by atoms with Crippen LogP contribution in [0.2, 0.25) is 10.0 Å². The van der Waals surface area contributed by atoms with E-state index in [1.807, 2.05) is 7.05 Å². The van der Waals surface area contributed by atoms with Crippen molar-refractivity contribution in [2.24, 2.45) is 0 Å². The number of carbonyl (C=O) groups is 1. The van der Waals surface area contributed by atoms with Gasteiger partial charge in [-0.2, -0.15) is 9.40 Å². The number of carbonyl (C=O) groups excluding carboxylic acids is 1. The summed E-state index contributed by atoms with van der Waals surface area (Å²) in [4.78, 5) is 27.7. The summed E-state index contributed by atoms with van der Waals surface area (Å²) in [5.41, 5.74) is 0.0754. The number of methoxy groups -OCH3 is 1. The van der Waals surface area contributed by atoms with Gasteiger partial charge in [0.05, 0.1) is 22.7 Å². The summed E-state index contributed by atoms with van der Waals surface area (Å²) in [6, 6.07) is 3.49. The number of nitrogens with zero attached hydrogens (tertiary/aromatic N) is 4. The summed E-state index contributed by atoms with van der Waals surface area (Å²) in [7, 11) is -0.433. The van der Waals surface area contributed by atoms with Gasteiger partial charge in [-0.1, -0.05) is 29.3 Å². The second-order valence-electron chi connectivity index (χ2n) is 8.06. The molecular weight excluding hydrogens is 505 g/mol. The lowest BCUT2D eigenvalue weighted by Gasteiger charge is -2.22. The number of ether oxygens (including phenoxy) is 1. The predicted molar refractivity (Wildman–Crippen MR) is 130 cm³/mol. The van der Waals surface area contributed by atoms with Crippen LogP contribution < -0.4 is 10.9 Å². The molecule has 186 valence electrons. The van der Waals surface area contributed by atoms with Crippen LogP contribution in [-0.4, -0.2) is 80.3 Å². The highest BCUT2D eigenvalue weighted by molar-refractivity contribution is 7.89. The third-order valence-corrected chi connectivity index (χ3v) is 8.36. The molecule has 3 rings (SSSR count). The molecule has 0 bridgehead atoms. The first-order valence-corrected chi connectivity index (χ1v) is 12.8. The Hall–Kier alpha value is -2.02. The molecule has 1 aromatic heterocycles. The Morgan fingerprint density at radius 1 is 1.24 bits per heavy atom. The normalized spacial score (nSPS) is 16.7. The molecule has 0 radical (unpaired) electrons. The lowest BCUT2D eigenvalue weighted by atomic mass is 10.2. The van der Waals surface area contributed by atoms with E-state index in [0.717, 1.165) is 23.8 Å². The van der Waals surface area contributed by atoms with E-state index in [1.165, 1.54) is 17.5 Å². The highest BCUT2D eigenvalue weighted by Gasteiger charge is 2.29. The van der Waals surface area contributed by atoms with Gasteiger partial charge in [0.2, 0.25) is 10.0 Å². The summed E-state index contributed by atoms with van der Waals surface area (Å²) in [6.07, 6.45) is 1.89. The maximum atomic E-state index is 13.4. The van der Waals surface area contributed by atoms with Crippen molar-refractivity contribution in [3.8, 4) is 0 Å². The number of aromatic nitrogens is 2. The number of aryl methyl sites for hydroxylation is 1. The van der Waals surface area contributed by atoms with Gasteiger partial charge in [-0.3, -0.25) is 9.59 Å². The lowest BCUT2D eigenvalue weighted by Crippen LogP contribution is -2.38. The van der Waals surface area contributed by atoms with E-state index in [-0.39, 0.29) is 27.2 Å². The Morgan fingerprint density at radius 3 is 2.68 bits per heavy atom. The highest BCUT2D eigenvalue weighted by atomic mass is 35.5. The molecule has 1 fully saturated rings. The number of likely N-dealkylation sites (N-methyl/N-ethyl adjacent to an activating group) is 1. The van der Waals surface area contributed by atoms with E-state index in [4.69, 9.17) is 27.9 Å². The zero-order valence-corrected chi connectivity index (χ0v) is 21.5. The average molecular weight is 532 g/mol. The first-order chi connectivity index (χ1) is 16.1. The Morgan fingerprint density at radius 2 is 1.97 bits per heavy atom. The minimum Gasteiger partial charge on any atom is -0.382 e. The number of benzene rings is 1. The van der Waals surface area contributed by atoms with Crippen molar-refractivity contribution in [1.82, 2.24) is 19.0 Å². The van der Waals surface area contributed by atoms with Gasteiger partial charge in [-0.25, -0.2) is 13.1 Å². The quantitative estimate of drug-likeness (QED) is 0.581. The van der Waals surface area contributed by atoms with Crippen LogP contribution in [-0.2, 0) is 19.6 Å². The van der Waals surface area contributed by atoms with Crippen LogP contribution in [0.5, 0.6) is 0 Å². The summed E-state index contributed by atoms with van der Waals surface area (Å²) in [5.74, 6) is -0.626. The third kappa shape index (κ3) is 5.78. The Balaban J connectivity index is 1.89. The van der Waals surface area contributed by atoms with Crippen LogP contribution in [0.15, 0.2) is 34.1 Å². The SMILES string of the molecule is COC[C@H](C(=O)Nc1ccc(C)c(S(=O)(=O)N2CCCN(C)CC2)c1)n1ncc(Cl)c(Cl)c1=O. The molecule has 0 unspecified atom stereocenters. The van der Waals surface area contributed by atoms with Gasteiger partial charge in [0.1, 0.15) is 5.02 Å². The molecule has 13 heteroatoms. The Labute approximate surface area is 208 Å². The molecule has 2 heterocycles. The van der Waals surface area contributed by atoms with Gasteiger partial charge in [0.15, 0.2) is 6.04 Å². The van der Waals surface area contributed by atoms with Gasteiger partial charge in [0.25, 0.3) is 11.5 Å². The number of nitrogens with one attached hydrogen (secondary N) is 1. The van der Waals surface area contributed by atoms with Crippen molar-refractivity contribution >= 4 is 44.8 Å². The van der Waals surface area contributed by atoms with Crippen molar-refractivity contribution in [1.29, 1.82) is 0 Å². The molecule has 1 aliphatic rings. The predicted octanol–water partition coefficient (Wildman–Crippen LogP) is 2.01. The molecule has 0 spiro atoms. The minimum absolute atomic E-state index is 0.0346. The largest absolute Gasteiger partial charge is 0.382 e. The van der Waals surface area contributed by atoms with Crippen LogP contribution in [0, 0.1) is 6.92 Å². The fraction of sp³-hybridized carbons (Fsp3) is 0.476. The fourth-order valence-electron chi connectivity index (χ4n) is 3.65. The minimum atomic E-state index is -3.77. The van der Waals surface area contributed by atoms with Crippen LogP contribution >= 0.6 is 23.2 Å². The molecule has 0 saturated carbocycles. The standard InChI is InChI=1S/C21H27Cl2N5O5S/c1-14-5-6-15(11-18(14)34(31,32)27-8-4-7-26(2)9-10-27)25-20(29)17(13-33-3)28-21(30)19(23)16(22)12-24-28/h5-6,11-12,17H,4,7-10,13H2,1-3H3,(H,25,29)/t17-/m1/s1. The van der Waals surface area contributed by atoms with Gasteiger partial charge in [0, 0.05) is 32.4 Å². The molecular formula is C21H27Cl2N5O5S. The number of anilines is 1. The first-order valence-electron chi connectivity index (χ1n) is 10.6. The van der Waals surface area contributed by atoms with Crippen molar-refractivity contribution in [3.05, 3.63) is 50.4 Å². The van der Waals surface area contributed by atoms with Crippen LogP contribution in [0.4, 0.5) is 5.69 Å². The third-order valence-electron chi connectivity index (χ3n) is 5.58. The zero-order valence-electron chi connectivity index (χ0n) is 19.1. The second kappa shape index (κ2) is 11.1. The number of sulfonamides is 1. The number of amides is 1. The maximum Gasteiger partial charge on any atom is 0.287 e. The van der Waals surface area contributed by atoms with Gasteiger partial charge < -0.3 is 15.0 Å².